The van der Waals surface area contributed by atoms with Crippen molar-refractivity contribution in [2.24, 2.45) is 0 Å². The van der Waals surface area contributed by atoms with E-state index in [1.807, 2.05) is 25.1 Å². The average Bonchev–Trinajstić information content (AvgIpc) is 2.53. The summed E-state index contributed by atoms with van der Waals surface area (Å²) in [6, 6.07) is 5.71. The second-order valence-corrected chi connectivity index (χ2v) is 7.70. The van der Waals surface area contributed by atoms with Crippen LogP contribution in [-0.4, -0.2) is 60.0 Å². The molecule has 1 aliphatic heterocycles. The Morgan fingerprint density at radius 3 is 2.92 bits per heavy atom. The van der Waals surface area contributed by atoms with Gasteiger partial charge in [-0.15, -0.1) is 0 Å². The van der Waals surface area contributed by atoms with Crippen molar-refractivity contribution >= 4 is 44.1 Å². The lowest BCUT2D eigenvalue weighted by molar-refractivity contribution is -0.0163. The summed E-state index contributed by atoms with van der Waals surface area (Å²) in [4.78, 5) is 6.57. The van der Waals surface area contributed by atoms with E-state index in [2.05, 4.69) is 31.1 Å². The molecule has 0 radical (unpaired) electrons. The second-order valence-electron chi connectivity index (χ2n) is 6.38. The maximum Gasteiger partial charge on any atom is 0.0917 e. The number of benzene rings is 1. The van der Waals surface area contributed by atoms with Crippen LogP contribution >= 0.6 is 27.5 Å². The highest BCUT2D eigenvalue weighted by molar-refractivity contribution is 9.10. The molecule has 1 atom stereocenters. The number of hydrogen-bond donors (Lipinski definition) is 2. The fourth-order valence-electron chi connectivity index (χ4n) is 2.92. The fraction of sp³-hybridized carbons (Fsp3) is 0.471. The zero-order valence-corrected chi connectivity index (χ0v) is 15.9. The number of anilines is 1. The molecule has 3 rings (SSSR count). The molecule has 7 heteroatoms. The minimum Gasteiger partial charge on any atom is -0.387 e. The molecule has 24 heavy (non-hydrogen) atoms. The summed E-state index contributed by atoms with van der Waals surface area (Å²) in [6.07, 6.45) is 1.72. The van der Waals surface area contributed by atoms with Crippen LogP contribution in [0.4, 0.5) is 5.69 Å². The summed E-state index contributed by atoms with van der Waals surface area (Å²) in [5.41, 5.74) is 0.811. The zero-order valence-electron chi connectivity index (χ0n) is 13.6. The van der Waals surface area contributed by atoms with Crippen LogP contribution < -0.4 is 5.32 Å². The number of hydrogen-bond acceptors (Lipinski definition) is 5. The molecule has 130 valence electrons. The maximum absolute atomic E-state index is 10.7. The molecule has 0 spiro atoms. The van der Waals surface area contributed by atoms with E-state index in [4.69, 9.17) is 16.3 Å². The number of morpholine rings is 1. The van der Waals surface area contributed by atoms with Crippen LogP contribution in [0, 0.1) is 0 Å². The summed E-state index contributed by atoms with van der Waals surface area (Å²) in [5.74, 6) is 0. The summed E-state index contributed by atoms with van der Waals surface area (Å²) >= 11 is 9.73. The molecule has 0 saturated carbocycles. The van der Waals surface area contributed by atoms with Crippen LogP contribution in [0.5, 0.6) is 0 Å². The van der Waals surface area contributed by atoms with Crippen molar-refractivity contribution in [2.75, 3.05) is 44.7 Å². The third-order valence-electron chi connectivity index (χ3n) is 4.09. The Labute approximate surface area is 155 Å². The Bertz CT molecular complexity index is 720. The standard InChI is InChI=1S/C17H21BrClN3O2/c1-17(23,11-22-4-6-24-7-5-22)10-21-15-2-3-20-16-13(15)8-12(18)9-14(16)19/h2-3,8-9,23H,4-7,10-11H2,1H3,(H,20,21). The number of halogens is 2. The monoisotopic (exact) mass is 413 g/mol. The Hall–Kier alpha value is -0.920. The van der Waals surface area contributed by atoms with Crippen LogP contribution in [0.1, 0.15) is 6.92 Å². The van der Waals surface area contributed by atoms with Gasteiger partial charge in [-0.25, -0.2) is 0 Å². The first-order chi connectivity index (χ1) is 11.4. The van der Waals surface area contributed by atoms with Crippen LogP contribution in [0.15, 0.2) is 28.9 Å². The minimum absolute atomic E-state index is 0.438. The van der Waals surface area contributed by atoms with Crippen molar-refractivity contribution in [1.82, 2.24) is 9.88 Å². The molecule has 5 nitrogen and oxygen atoms in total. The molecular weight excluding hydrogens is 394 g/mol. The Balaban J connectivity index is 1.72. The van der Waals surface area contributed by atoms with Crippen molar-refractivity contribution < 1.29 is 9.84 Å². The number of aromatic nitrogens is 1. The van der Waals surface area contributed by atoms with Gasteiger partial charge in [0.2, 0.25) is 0 Å². The molecule has 0 bridgehead atoms. The number of nitrogens with zero attached hydrogens (tertiary/aromatic N) is 2. The van der Waals surface area contributed by atoms with E-state index in [9.17, 15) is 5.11 Å². The third-order valence-corrected chi connectivity index (χ3v) is 4.84. The second kappa shape index (κ2) is 7.54. The summed E-state index contributed by atoms with van der Waals surface area (Å²) in [6.45, 7) is 6.07. The van der Waals surface area contributed by atoms with Gasteiger partial charge in [0, 0.05) is 47.9 Å². The number of ether oxygens (including phenoxy) is 1. The topological polar surface area (TPSA) is 57.6 Å². The lowest BCUT2D eigenvalue weighted by Gasteiger charge is -2.34. The fourth-order valence-corrected chi connectivity index (χ4v) is 3.77. The van der Waals surface area contributed by atoms with E-state index in [1.165, 1.54) is 0 Å². The number of fused-ring (bicyclic) bond motifs is 1. The number of nitrogens with one attached hydrogen (secondary N) is 1. The number of pyridine rings is 1. The van der Waals surface area contributed by atoms with E-state index in [0.29, 0.717) is 18.1 Å². The van der Waals surface area contributed by atoms with Crippen molar-refractivity contribution in [1.29, 1.82) is 0 Å². The molecule has 2 N–H and O–H groups in total. The molecular formula is C17H21BrClN3O2. The Morgan fingerprint density at radius 2 is 2.17 bits per heavy atom. The van der Waals surface area contributed by atoms with E-state index in [0.717, 1.165) is 47.4 Å². The van der Waals surface area contributed by atoms with Gasteiger partial charge in [-0.05, 0) is 25.1 Å². The van der Waals surface area contributed by atoms with Gasteiger partial charge in [0.25, 0.3) is 0 Å². The van der Waals surface area contributed by atoms with Gasteiger partial charge in [0.05, 0.1) is 29.4 Å². The first-order valence-electron chi connectivity index (χ1n) is 7.95. The predicted molar refractivity (Wildman–Crippen MR) is 101 cm³/mol. The van der Waals surface area contributed by atoms with Crippen LogP contribution in [0.2, 0.25) is 5.02 Å². The smallest absolute Gasteiger partial charge is 0.0917 e. The van der Waals surface area contributed by atoms with Crippen LogP contribution in [0.25, 0.3) is 10.9 Å². The van der Waals surface area contributed by atoms with Gasteiger partial charge >= 0.3 is 0 Å². The van der Waals surface area contributed by atoms with E-state index in [-0.39, 0.29) is 0 Å². The summed E-state index contributed by atoms with van der Waals surface area (Å²) in [5, 5.41) is 15.6. The quantitative estimate of drug-likeness (QED) is 0.787. The average molecular weight is 415 g/mol. The highest BCUT2D eigenvalue weighted by Gasteiger charge is 2.25. The highest BCUT2D eigenvalue weighted by Crippen LogP contribution is 2.31. The van der Waals surface area contributed by atoms with Gasteiger partial charge < -0.3 is 15.2 Å². The first kappa shape index (κ1) is 17.9. The van der Waals surface area contributed by atoms with E-state index in [1.54, 1.807) is 6.20 Å². The lowest BCUT2D eigenvalue weighted by Crippen LogP contribution is -2.49. The molecule has 1 aromatic heterocycles. The van der Waals surface area contributed by atoms with Gasteiger partial charge in [-0.3, -0.25) is 9.88 Å². The van der Waals surface area contributed by atoms with Crippen LogP contribution in [-0.2, 0) is 4.74 Å². The maximum atomic E-state index is 10.7. The lowest BCUT2D eigenvalue weighted by atomic mass is 10.1. The summed E-state index contributed by atoms with van der Waals surface area (Å²) < 4.78 is 6.25. The van der Waals surface area contributed by atoms with Crippen molar-refractivity contribution in [3.05, 3.63) is 33.9 Å². The van der Waals surface area contributed by atoms with Crippen molar-refractivity contribution in [3.8, 4) is 0 Å². The molecule has 1 saturated heterocycles. The largest absolute Gasteiger partial charge is 0.387 e. The molecule has 0 amide bonds. The molecule has 1 unspecified atom stereocenters. The van der Waals surface area contributed by atoms with Gasteiger partial charge in [-0.1, -0.05) is 27.5 Å². The normalized spacial score (nSPS) is 18.5. The van der Waals surface area contributed by atoms with Crippen LogP contribution in [0.3, 0.4) is 0 Å². The Morgan fingerprint density at radius 1 is 1.42 bits per heavy atom. The van der Waals surface area contributed by atoms with Gasteiger partial charge in [0.15, 0.2) is 0 Å². The molecule has 0 aliphatic carbocycles. The van der Waals surface area contributed by atoms with Crippen molar-refractivity contribution in [2.45, 2.75) is 12.5 Å². The van der Waals surface area contributed by atoms with Gasteiger partial charge in [0.1, 0.15) is 0 Å². The van der Waals surface area contributed by atoms with Crippen molar-refractivity contribution in [3.63, 3.8) is 0 Å². The molecule has 2 aromatic rings. The first-order valence-corrected chi connectivity index (χ1v) is 9.12. The Kier molecular flexibility index (Phi) is 5.62. The number of rotatable bonds is 5. The molecule has 2 heterocycles. The number of β-amino-alcohol motifs (C(OH)–C–C–N with tert-alkyl or cyclic N) is 1. The SMILES string of the molecule is CC(O)(CNc1ccnc2c(Cl)cc(Br)cc12)CN1CCOCC1. The zero-order chi connectivity index (χ0) is 17.2. The minimum atomic E-state index is -0.845. The van der Waals surface area contributed by atoms with E-state index < -0.39 is 5.60 Å². The predicted octanol–water partition coefficient (Wildman–Crippen LogP) is 3.15. The van der Waals surface area contributed by atoms with Gasteiger partial charge in [-0.2, -0.15) is 0 Å². The third kappa shape index (κ3) is 4.37. The van der Waals surface area contributed by atoms with E-state index >= 15 is 0 Å². The molecule has 1 fully saturated rings. The summed E-state index contributed by atoms with van der Waals surface area (Å²) in [7, 11) is 0. The highest BCUT2D eigenvalue weighted by atomic mass is 79.9. The molecule has 1 aliphatic rings. The number of aliphatic hydroxyl groups is 1. The molecule has 1 aromatic carbocycles.